The van der Waals surface area contributed by atoms with Crippen LogP contribution in [0, 0.1) is 0 Å². The van der Waals surface area contributed by atoms with Crippen molar-refractivity contribution in [3.63, 3.8) is 0 Å². The van der Waals surface area contributed by atoms with Gasteiger partial charge in [-0.05, 0) is 31.7 Å². The number of nitrogens with two attached hydrogens (primary N) is 1. The Hall–Kier alpha value is -2.98. The van der Waals surface area contributed by atoms with E-state index < -0.39 is 48.6 Å². The molecule has 1 fully saturated rings. The van der Waals surface area contributed by atoms with Gasteiger partial charge in [-0.15, -0.1) is 0 Å². The number of benzene rings is 1. The molecule has 0 radical (unpaired) electrons. The van der Waals surface area contributed by atoms with Crippen molar-refractivity contribution in [1.82, 2.24) is 15.5 Å². The zero-order valence-corrected chi connectivity index (χ0v) is 16.8. The zero-order chi connectivity index (χ0) is 22.3. The number of amides is 3. The van der Waals surface area contributed by atoms with E-state index in [1.54, 1.807) is 0 Å². The number of carboxylic acid groups (broad SMARTS) is 1. The molecule has 1 saturated heterocycles. The molecule has 4 unspecified atom stereocenters. The minimum Gasteiger partial charge on any atom is -0.480 e. The topological polar surface area (TPSA) is 162 Å². The van der Waals surface area contributed by atoms with Crippen LogP contribution in [0.25, 0.3) is 0 Å². The van der Waals surface area contributed by atoms with E-state index >= 15 is 0 Å². The van der Waals surface area contributed by atoms with Crippen LogP contribution in [0.5, 0.6) is 0 Å². The van der Waals surface area contributed by atoms with E-state index in [9.17, 15) is 24.3 Å². The molecule has 0 aliphatic carbocycles. The summed E-state index contributed by atoms with van der Waals surface area (Å²) >= 11 is 0. The number of carbonyl (C=O) groups is 4. The second-order valence-corrected chi connectivity index (χ2v) is 7.32. The van der Waals surface area contributed by atoms with Gasteiger partial charge in [-0.1, -0.05) is 30.3 Å². The van der Waals surface area contributed by atoms with Gasteiger partial charge in [-0.2, -0.15) is 0 Å². The maximum Gasteiger partial charge on any atom is 0.322 e. The summed E-state index contributed by atoms with van der Waals surface area (Å²) in [5, 5.41) is 23.1. The molecule has 0 saturated carbocycles. The summed E-state index contributed by atoms with van der Waals surface area (Å²) < 4.78 is 0. The number of aliphatic hydroxyl groups is 1. The highest BCUT2D eigenvalue weighted by Gasteiger charge is 2.38. The number of hydrogen-bond donors (Lipinski definition) is 5. The number of carbonyl (C=O) groups excluding carboxylic acids is 3. The van der Waals surface area contributed by atoms with E-state index in [1.165, 1.54) is 11.8 Å². The van der Waals surface area contributed by atoms with Crippen molar-refractivity contribution in [2.24, 2.45) is 5.73 Å². The first-order valence-corrected chi connectivity index (χ1v) is 9.78. The van der Waals surface area contributed by atoms with Crippen LogP contribution in [0.15, 0.2) is 30.3 Å². The lowest BCUT2D eigenvalue weighted by molar-refractivity contribution is -0.142. The molecule has 0 spiro atoms. The quantitative estimate of drug-likeness (QED) is 0.329. The lowest BCUT2D eigenvalue weighted by atomic mass is 10.0. The molecule has 1 aromatic carbocycles. The molecular formula is C20H28N4O6. The number of likely N-dealkylation sites (tertiary alicyclic amines) is 1. The van der Waals surface area contributed by atoms with Gasteiger partial charge < -0.3 is 31.5 Å². The van der Waals surface area contributed by atoms with Crippen molar-refractivity contribution in [1.29, 1.82) is 0 Å². The van der Waals surface area contributed by atoms with Crippen molar-refractivity contribution < 1.29 is 29.4 Å². The maximum atomic E-state index is 12.8. The Morgan fingerprint density at radius 1 is 1.23 bits per heavy atom. The van der Waals surface area contributed by atoms with Crippen molar-refractivity contribution in [2.45, 2.75) is 50.4 Å². The molecule has 3 amide bonds. The highest BCUT2D eigenvalue weighted by molar-refractivity contribution is 5.94. The van der Waals surface area contributed by atoms with Crippen LogP contribution in [-0.4, -0.2) is 76.1 Å². The standard InChI is InChI=1S/C20H28N4O6/c1-12(25)17(19(29)22-11-16(26)27)23-18(28)15-8-5-9-24(15)20(30)14(21)10-13-6-3-2-4-7-13/h2-4,6-7,12,14-15,17,25H,5,8-11,21H2,1H3,(H,22,29)(H,23,28)(H,26,27). The third kappa shape index (κ3) is 6.26. The van der Waals surface area contributed by atoms with Crippen LogP contribution in [0.4, 0.5) is 0 Å². The van der Waals surface area contributed by atoms with Gasteiger partial charge >= 0.3 is 5.97 Å². The Kier molecular flexibility index (Phi) is 8.31. The monoisotopic (exact) mass is 420 g/mol. The van der Waals surface area contributed by atoms with E-state index in [0.29, 0.717) is 25.8 Å². The SMILES string of the molecule is CC(O)C(NC(=O)C1CCCN1C(=O)C(N)Cc1ccccc1)C(=O)NCC(=O)O. The first kappa shape index (κ1) is 23.3. The summed E-state index contributed by atoms with van der Waals surface area (Å²) in [5.41, 5.74) is 6.98. The average molecular weight is 420 g/mol. The predicted octanol–water partition coefficient (Wildman–Crippen LogP) is -1.39. The molecule has 6 N–H and O–H groups in total. The predicted molar refractivity (Wildman–Crippen MR) is 107 cm³/mol. The summed E-state index contributed by atoms with van der Waals surface area (Å²) in [4.78, 5) is 49.7. The van der Waals surface area contributed by atoms with Crippen LogP contribution < -0.4 is 16.4 Å². The molecule has 10 heteroatoms. The Morgan fingerprint density at radius 3 is 2.50 bits per heavy atom. The van der Waals surface area contributed by atoms with E-state index in [-0.39, 0.29) is 5.91 Å². The molecular weight excluding hydrogens is 392 g/mol. The van der Waals surface area contributed by atoms with Crippen molar-refractivity contribution in [3.05, 3.63) is 35.9 Å². The van der Waals surface area contributed by atoms with Crippen molar-refractivity contribution in [2.75, 3.05) is 13.1 Å². The van der Waals surface area contributed by atoms with E-state index in [0.717, 1.165) is 5.56 Å². The molecule has 1 aliphatic rings. The van der Waals surface area contributed by atoms with Crippen LogP contribution >= 0.6 is 0 Å². The number of aliphatic hydroxyl groups excluding tert-OH is 1. The van der Waals surface area contributed by atoms with Crippen molar-refractivity contribution in [3.8, 4) is 0 Å². The number of nitrogens with zero attached hydrogens (tertiary/aromatic N) is 1. The molecule has 10 nitrogen and oxygen atoms in total. The average Bonchev–Trinajstić information content (AvgIpc) is 3.19. The summed E-state index contributed by atoms with van der Waals surface area (Å²) in [6.45, 7) is 1.03. The van der Waals surface area contributed by atoms with Crippen LogP contribution in [-0.2, 0) is 25.6 Å². The largest absolute Gasteiger partial charge is 0.480 e. The Bertz CT molecular complexity index is 770. The normalized spacial score (nSPS) is 18.9. The summed E-state index contributed by atoms with van der Waals surface area (Å²) in [6, 6.07) is 6.33. The van der Waals surface area contributed by atoms with E-state index in [1.807, 2.05) is 30.3 Å². The highest BCUT2D eigenvalue weighted by Crippen LogP contribution is 2.19. The van der Waals surface area contributed by atoms with Gasteiger partial charge in [-0.25, -0.2) is 0 Å². The number of hydrogen-bond acceptors (Lipinski definition) is 6. The molecule has 2 rings (SSSR count). The van der Waals surface area contributed by atoms with Gasteiger partial charge in [-0.3, -0.25) is 19.2 Å². The van der Waals surface area contributed by atoms with Gasteiger partial charge in [0, 0.05) is 6.54 Å². The summed E-state index contributed by atoms with van der Waals surface area (Å²) in [5.74, 6) is -3.03. The molecule has 1 aliphatic heterocycles. The smallest absolute Gasteiger partial charge is 0.322 e. The summed E-state index contributed by atoms with van der Waals surface area (Å²) in [7, 11) is 0. The molecule has 30 heavy (non-hydrogen) atoms. The summed E-state index contributed by atoms with van der Waals surface area (Å²) in [6.07, 6.45) is 0.0812. The first-order valence-electron chi connectivity index (χ1n) is 9.78. The van der Waals surface area contributed by atoms with Crippen molar-refractivity contribution >= 4 is 23.7 Å². The number of aliphatic carboxylic acids is 1. The fourth-order valence-electron chi connectivity index (χ4n) is 3.40. The Morgan fingerprint density at radius 2 is 1.90 bits per heavy atom. The second kappa shape index (κ2) is 10.7. The molecule has 0 aromatic heterocycles. The third-order valence-electron chi connectivity index (χ3n) is 4.93. The lowest BCUT2D eigenvalue weighted by Crippen LogP contribution is -2.58. The highest BCUT2D eigenvalue weighted by atomic mass is 16.4. The molecule has 1 heterocycles. The van der Waals surface area contributed by atoms with Gasteiger partial charge in [0.25, 0.3) is 0 Å². The maximum absolute atomic E-state index is 12.8. The van der Waals surface area contributed by atoms with E-state index in [4.69, 9.17) is 10.8 Å². The second-order valence-electron chi connectivity index (χ2n) is 7.32. The Labute approximate surface area is 174 Å². The number of carboxylic acids is 1. The fraction of sp³-hybridized carbons (Fsp3) is 0.500. The molecule has 1 aromatic rings. The fourth-order valence-corrected chi connectivity index (χ4v) is 3.40. The van der Waals surface area contributed by atoms with Crippen LogP contribution in [0.3, 0.4) is 0 Å². The van der Waals surface area contributed by atoms with Gasteiger partial charge in [0.05, 0.1) is 12.1 Å². The van der Waals surface area contributed by atoms with E-state index in [2.05, 4.69) is 10.6 Å². The number of rotatable bonds is 9. The molecule has 0 bridgehead atoms. The van der Waals surface area contributed by atoms with Gasteiger partial charge in [0.2, 0.25) is 17.7 Å². The van der Waals surface area contributed by atoms with Crippen LogP contribution in [0.1, 0.15) is 25.3 Å². The van der Waals surface area contributed by atoms with Crippen LogP contribution in [0.2, 0.25) is 0 Å². The zero-order valence-electron chi connectivity index (χ0n) is 16.8. The molecule has 164 valence electrons. The lowest BCUT2D eigenvalue weighted by Gasteiger charge is -2.29. The number of nitrogens with one attached hydrogen (secondary N) is 2. The minimum absolute atomic E-state index is 0.332. The Balaban J connectivity index is 2.01. The third-order valence-corrected chi connectivity index (χ3v) is 4.93. The van der Waals surface area contributed by atoms with Gasteiger partial charge in [0.1, 0.15) is 18.6 Å². The first-order chi connectivity index (χ1) is 14.2. The van der Waals surface area contributed by atoms with Gasteiger partial charge in [0.15, 0.2) is 0 Å². The minimum atomic E-state index is -1.34. The molecule has 4 atom stereocenters.